The number of nitrogens with one attached hydrogen (secondary N) is 1. The molecule has 4 aromatic rings. The number of aromatic nitrogens is 6. The molecule has 0 saturated heterocycles. The van der Waals surface area contributed by atoms with Crippen LogP contribution in [0.25, 0.3) is 11.6 Å². The van der Waals surface area contributed by atoms with Crippen molar-refractivity contribution in [2.24, 2.45) is 0 Å². The molecule has 0 aliphatic carbocycles. The lowest BCUT2D eigenvalue weighted by molar-refractivity contribution is 0.111. The van der Waals surface area contributed by atoms with E-state index in [1.165, 1.54) is 4.88 Å². The molecule has 0 unspecified atom stereocenters. The number of carbonyl (C=O) groups is 1. The minimum atomic E-state index is 0.402. The molecule has 0 aliphatic heterocycles. The molecule has 0 aliphatic rings. The summed E-state index contributed by atoms with van der Waals surface area (Å²) in [6.07, 6.45) is 6.20. The third kappa shape index (κ3) is 5.03. The fourth-order valence-electron chi connectivity index (χ4n) is 3.54. The molecule has 3 aromatic heterocycles. The molecule has 0 radical (unpaired) electrons. The van der Waals surface area contributed by atoms with E-state index in [0.717, 1.165) is 48.2 Å². The summed E-state index contributed by atoms with van der Waals surface area (Å²) < 4.78 is 2.08. The highest BCUT2D eigenvalue weighted by Gasteiger charge is 2.18. The summed E-state index contributed by atoms with van der Waals surface area (Å²) in [5.41, 5.74) is 2.98. The largest absolute Gasteiger partial charge is 0.323 e. The molecule has 1 aromatic carbocycles. The number of aldehydes is 1. The number of aryl methyl sites for hydroxylation is 1. The highest BCUT2D eigenvalue weighted by molar-refractivity contribution is 7.10. The third-order valence-electron chi connectivity index (χ3n) is 5.17. The quantitative estimate of drug-likeness (QED) is 0.328. The van der Waals surface area contributed by atoms with Crippen LogP contribution in [0.4, 0.5) is 0 Å². The molecule has 4 rings (SSSR count). The van der Waals surface area contributed by atoms with E-state index in [-0.39, 0.29) is 0 Å². The standard InChI is InChI=1S/C23H23ClN6OS/c1-2-3-10-22-25-20(15-31)21(30(22)14-16-7-4-5-9-19(16)24)13-17(23-26-28-29-27-23)12-18-8-6-11-32-18/h4-9,11,13,15H,2-3,10,12,14H2,1H3,(H,26,27,28,29). The SMILES string of the molecule is CCCCc1nc(C=O)c(C=C(Cc2cccs2)c2nnn[nH]2)n1Cc1ccccc1Cl. The van der Waals surface area contributed by atoms with Crippen LogP contribution < -0.4 is 0 Å². The number of allylic oxidation sites excluding steroid dienone is 1. The van der Waals surface area contributed by atoms with Crippen molar-refractivity contribution in [3.63, 3.8) is 0 Å². The predicted molar refractivity (Wildman–Crippen MR) is 127 cm³/mol. The van der Waals surface area contributed by atoms with Gasteiger partial charge in [0.15, 0.2) is 12.1 Å². The molecule has 32 heavy (non-hydrogen) atoms. The van der Waals surface area contributed by atoms with Crippen molar-refractivity contribution in [2.75, 3.05) is 0 Å². The number of carbonyl (C=O) groups excluding carboxylic acids is 1. The lowest BCUT2D eigenvalue weighted by atomic mass is 10.1. The molecule has 1 N–H and O–H groups in total. The summed E-state index contributed by atoms with van der Waals surface area (Å²) in [4.78, 5) is 17.8. The second kappa shape index (κ2) is 10.5. The van der Waals surface area contributed by atoms with Gasteiger partial charge in [-0.25, -0.2) is 10.1 Å². The first kappa shape index (κ1) is 22.1. The van der Waals surface area contributed by atoms with Gasteiger partial charge in [-0.2, -0.15) is 0 Å². The van der Waals surface area contributed by atoms with Crippen molar-refractivity contribution in [3.8, 4) is 0 Å². The Morgan fingerprint density at radius 2 is 2.12 bits per heavy atom. The molecule has 0 saturated carbocycles. The van der Waals surface area contributed by atoms with E-state index in [1.807, 2.05) is 41.8 Å². The average Bonchev–Trinajstić information content (AvgIpc) is 3.56. The van der Waals surface area contributed by atoms with Crippen molar-refractivity contribution in [2.45, 2.75) is 39.2 Å². The number of hydrogen-bond donors (Lipinski definition) is 1. The third-order valence-corrected chi connectivity index (χ3v) is 6.42. The summed E-state index contributed by atoms with van der Waals surface area (Å²) >= 11 is 8.12. The predicted octanol–water partition coefficient (Wildman–Crippen LogP) is 5.10. The van der Waals surface area contributed by atoms with Crippen LogP contribution >= 0.6 is 22.9 Å². The Morgan fingerprint density at radius 1 is 1.25 bits per heavy atom. The van der Waals surface area contributed by atoms with Gasteiger partial charge in [0.1, 0.15) is 11.5 Å². The highest BCUT2D eigenvalue weighted by atomic mass is 35.5. The van der Waals surface area contributed by atoms with Gasteiger partial charge in [0.05, 0.1) is 12.2 Å². The second-order valence-corrected chi connectivity index (χ2v) is 8.81. The van der Waals surface area contributed by atoms with Gasteiger partial charge in [-0.3, -0.25) is 4.79 Å². The van der Waals surface area contributed by atoms with Crippen LogP contribution in [-0.2, 0) is 19.4 Å². The lowest BCUT2D eigenvalue weighted by Crippen LogP contribution is -2.08. The summed E-state index contributed by atoms with van der Waals surface area (Å²) in [6, 6.07) is 11.8. The zero-order chi connectivity index (χ0) is 22.3. The minimum Gasteiger partial charge on any atom is -0.323 e. The Hall–Kier alpha value is -3.10. The molecule has 0 spiro atoms. The average molecular weight is 467 g/mol. The number of rotatable bonds is 10. The smallest absolute Gasteiger partial charge is 0.175 e. The van der Waals surface area contributed by atoms with Crippen LogP contribution in [-0.4, -0.2) is 36.5 Å². The number of H-pyrrole nitrogens is 1. The van der Waals surface area contributed by atoms with Gasteiger partial charge in [0.2, 0.25) is 0 Å². The first-order valence-corrected chi connectivity index (χ1v) is 11.7. The fourth-order valence-corrected chi connectivity index (χ4v) is 4.46. The van der Waals surface area contributed by atoms with Gasteiger partial charge in [0, 0.05) is 28.3 Å². The Labute approximate surface area is 195 Å². The Bertz CT molecular complexity index is 1200. The maximum Gasteiger partial charge on any atom is 0.175 e. The molecular weight excluding hydrogens is 444 g/mol. The van der Waals surface area contributed by atoms with E-state index in [1.54, 1.807) is 11.3 Å². The number of tetrazole rings is 1. The molecule has 3 heterocycles. The molecular formula is C23H23ClN6OS. The number of hydrogen-bond acceptors (Lipinski definition) is 6. The minimum absolute atomic E-state index is 0.402. The number of aromatic amines is 1. The monoisotopic (exact) mass is 466 g/mol. The Morgan fingerprint density at radius 3 is 2.81 bits per heavy atom. The van der Waals surface area contributed by atoms with Crippen LogP contribution in [0.3, 0.4) is 0 Å². The number of halogens is 1. The van der Waals surface area contributed by atoms with Gasteiger partial charge in [0.25, 0.3) is 0 Å². The van der Waals surface area contributed by atoms with E-state index in [4.69, 9.17) is 11.6 Å². The van der Waals surface area contributed by atoms with Crippen LogP contribution in [0, 0.1) is 0 Å². The van der Waals surface area contributed by atoms with Gasteiger partial charge in [-0.1, -0.05) is 49.2 Å². The zero-order valence-electron chi connectivity index (χ0n) is 17.7. The number of benzene rings is 1. The maximum atomic E-state index is 12.0. The van der Waals surface area contributed by atoms with Crippen LogP contribution in [0.2, 0.25) is 5.02 Å². The molecule has 0 fully saturated rings. The molecule has 9 heteroatoms. The number of nitrogens with zero attached hydrogens (tertiary/aromatic N) is 5. The molecule has 164 valence electrons. The molecule has 0 bridgehead atoms. The van der Waals surface area contributed by atoms with E-state index >= 15 is 0 Å². The van der Waals surface area contributed by atoms with Gasteiger partial charge in [-0.05, 0) is 46.0 Å². The fraction of sp³-hybridized carbons (Fsp3) is 0.261. The van der Waals surface area contributed by atoms with Crippen molar-refractivity contribution in [3.05, 3.63) is 80.3 Å². The maximum absolute atomic E-state index is 12.0. The van der Waals surface area contributed by atoms with Crippen molar-refractivity contribution < 1.29 is 4.79 Å². The Kier molecular flexibility index (Phi) is 7.24. The second-order valence-electron chi connectivity index (χ2n) is 7.37. The van der Waals surface area contributed by atoms with Crippen molar-refractivity contribution in [1.82, 2.24) is 30.2 Å². The summed E-state index contributed by atoms with van der Waals surface area (Å²) in [7, 11) is 0. The first-order chi connectivity index (χ1) is 15.7. The van der Waals surface area contributed by atoms with Gasteiger partial charge < -0.3 is 4.57 Å². The Balaban J connectivity index is 1.83. The van der Waals surface area contributed by atoms with Crippen molar-refractivity contribution >= 4 is 40.9 Å². The van der Waals surface area contributed by atoms with Crippen LogP contribution in [0.5, 0.6) is 0 Å². The summed E-state index contributed by atoms with van der Waals surface area (Å²) in [5, 5.41) is 17.2. The van der Waals surface area contributed by atoms with Gasteiger partial charge in [-0.15, -0.1) is 16.4 Å². The first-order valence-electron chi connectivity index (χ1n) is 10.4. The number of thiophene rings is 1. The van der Waals surface area contributed by atoms with Crippen molar-refractivity contribution in [1.29, 1.82) is 0 Å². The molecule has 0 atom stereocenters. The van der Waals surface area contributed by atoms with E-state index in [0.29, 0.717) is 29.5 Å². The van der Waals surface area contributed by atoms with E-state index < -0.39 is 0 Å². The van der Waals surface area contributed by atoms with Gasteiger partial charge >= 0.3 is 0 Å². The van der Waals surface area contributed by atoms with E-state index in [9.17, 15) is 4.79 Å². The normalized spacial score (nSPS) is 11.8. The highest BCUT2D eigenvalue weighted by Crippen LogP contribution is 2.26. The molecule has 7 nitrogen and oxygen atoms in total. The number of unbranched alkanes of at least 4 members (excludes halogenated alkanes) is 1. The number of imidazole rings is 1. The van der Waals surface area contributed by atoms with Crippen LogP contribution in [0.1, 0.15) is 58.0 Å². The molecule has 0 amide bonds. The summed E-state index contributed by atoms with van der Waals surface area (Å²) in [5.74, 6) is 1.43. The topological polar surface area (TPSA) is 89.3 Å². The summed E-state index contributed by atoms with van der Waals surface area (Å²) in [6.45, 7) is 2.66. The lowest BCUT2D eigenvalue weighted by Gasteiger charge is -2.13. The zero-order valence-corrected chi connectivity index (χ0v) is 19.2. The van der Waals surface area contributed by atoms with E-state index in [2.05, 4.69) is 43.2 Å². The van der Waals surface area contributed by atoms with Crippen LogP contribution in [0.15, 0.2) is 41.8 Å².